The van der Waals surface area contributed by atoms with Crippen LogP contribution in [0.4, 0.5) is 0 Å². The molecule has 13 heavy (non-hydrogen) atoms. The largest absolute Gasteiger partial charge is 0.255 e. The van der Waals surface area contributed by atoms with E-state index in [0.717, 1.165) is 10.1 Å². The first-order valence-corrected chi connectivity index (χ1v) is 6.31. The fraction of sp³-hybridized carbons (Fsp3) is 0. The fourth-order valence-electron chi connectivity index (χ4n) is 1.13. The minimum Gasteiger partial charge on any atom is -0.255 e. The molecule has 0 saturated heterocycles. The Hall–Kier alpha value is -0.840. The summed E-state index contributed by atoms with van der Waals surface area (Å²) < 4.78 is 13.2. The zero-order chi connectivity index (χ0) is 9.47. The van der Waals surface area contributed by atoms with Gasteiger partial charge in [-0.05, 0) is 23.4 Å². The van der Waals surface area contributed by atoms with E-state index in [9.17, 15) is 4.21 Å². The molecule has 0 aliphatic heterocycles. The van der Waals surface area contributed by atoms with Gasteiger partial charge in [-0.2, -0.15) is 0 Å². The van der Waals surface area contributed by atoms with Crippen LogP contribution in [0.25, 0.3) is 10.1 Å². The standard InChI is InChI=1S/C9H9NOS2/c1-13(10,11)9-6-7-4-2-3-5-8(7)12-9/h2-6H,1H2,(H2,10,11). The third-order valence-corrected chi connectivity index (χ3v) is 4.55. The van der Waals surface area contributed by atoms with E-state index in [1.54, 1.807) is 0 Å². The number of rotatable bonds is 1. The van der Waals surface area contributed by atoms with Gasteiger partial charge in [0.25, 0.3) is 0 Å². The Morgan fingerprint density at radius 3 is 2.69 bits per heavy atom. The van der Waals surface area contributed by atoms with E-state index in [1.807, 2.05) is 30.3 Å². The van der Waals surface area contributed by atoms with Gasteiger partial charge < -0.3 is 0 Å². The Morgan fingerprint density at radius 2 is 2.08 bits per heavy atom. The molecule has 1 atom stereocenters. The maximum atomic E-state index is 11.4. The second kappa shape index (κ2) is 2.83. The molecule has 1 heterocycles. The van der Waals surface area contributed by atoms with Gasteiger partial charge in [0.1, 0.15) is 0 Å². The molecule has 68 valence electrons. The van der Waals surface area contributed by atoms with Crippen molar-refractivity contribution >= 4 is 37.0 Å². The van der Waals surface area contributed by atoms with Crippen molar-refractivity contribution in [3.63, 3.8) is 0 Å². The third-order valence-electron chi connectivity index (χ3n) is 1.74. The first-order valence-electron chi connectivity index (χ1n) is 3.71. The van der Waals surface area contributed by atoms with Gasteiger partial charge in [-0.1, -0.05) is 18.2 Å². The molecule has 2 nitrogen and oxygen atoms in total. The van der Waals surface area contributed by atoms with Crippen LogP contribution in [0.5, 0.6) is 0 Å². The summed E-state index contributed by atoms with van der Waals surface area (Å²) in [7, 11) is -2.55. The van der Waals surface area contributed by atoms with E-state index in [-0.39, 0.29) is 0 Å². The van der Waals surface area contributed by atoms with Gasteiger partial charge in [-0.25, -0.2) is 4.21 Å². The molecular weight excluding hydrogens is 202 g/mol. The maximum Gasteiger partial charge on any atom is 0.0977 e. The van der Waals surface area contributed by atoms with E-state index in [2.05, 4.69) is 5.87 Å². The van der Waals surface area contributed by atoms with E-state index >= 15 is 0 Å². The van der Waals surface area contributed by atoms with Crippen LogP contribution in [0.15, 0.2) is 34.5 Å². The Balaban J connectivity index is 2.77. The van der Waals surface area contributed by atoms with Crippen LogP contribution in [-0.4, -0.2) is 10.1 Å². The summed E-state index contributed by atoms with van der Waals surface area (Å²) in [6, 6.07) is 9.69. The molecule has 2 rings (SSSR count). The van der Waals surface area contributed by atoms with Crippen LogP contribution < -0.4 is 5.14 Å². The molecule has 1 aromatic carbocycles. The first-order chi connectivity index (χ1) is 6.07. The summed E-state index contributed by atoms with van der Waals surface area (Å²) in [6.45, 7) is 0. The van der Waals surface area contributed by atoms with Gasteiger partial charge in [0.2, 0.25) is 0 Å². The van der Waals surface area contributed by atoms with Gasteiger partial charge in [0.15, 0.2) is 0 Å². The van der Waals surface area contributed by atoms with Crippen molar-refractivity contribution in [1.29, 1.82) is 0 Å². The maximum absolute atomic E-state index is 11.4. The monoisotopic (exact) mass is 211 g/mol. The molecule has 2 aromatic rings. The molecular formula is C9H9NOS2. The number of benzene rings is 1. The lowest BCUT2D eigenvalue weighted by atomic mass is 10.3. The highest BCUT2D eigenvalue weighted by Crippen LogP contribution is 2.27. The van der Waals surface area contributed by atoms with Gasteiger partial charge in [0.05, 0.1) is 13.9 Å². The van der Waals surface area contributed by atoms with Crippen molar-refractivity contribution in [3.05, 3.63) is 30.3 Å². The summed E-state index contributed by atoms with van der Waals surface area (Å²) >= 11 is 1.44. The van der Waals surface area contributed by atoms with E-state index in [0.29, 0.717) is 4.21 Å². The zero-order valence-corrected chi connectivity index (χ0v) is 8.53. The van der Waals surface area contributed by atoms with Crippen LogP contribution >= 0.6 is 11.3 Å². The quantitative estimate of drug-likeness (QED) is 0.719. The minimum absolute atomic E-state index is 0.661. The van der Waals surface area contributed by atoms with E-state index in [1.165, 1.54) is 11.3 Å². The molecule has 0 radical (unpaired) electrons. The molecule has 0 amide bonds. The molecule has 0 saturated carbocycles. The molecule has 4 heteroatoms. The van der Waals surface area contributed by atoms with Gasteiger partial charge in [0, 0.05) is 4.70 Å². The van der Waals surface area contributed by atoms with Crippen LogP contribution in [0, 0.1) is 0 Å². The predicted octanol–water partition coefficient (Wildman–Crippen LogP) is 1.85. The molecule has 1 unspecified atom stereocenters. The van der Waals surface area contributed by atoms with Gasteiger partial charge in [-0.3, -0.25) is 5.14 Å². The number of hydrogen-bond acceptors (Lipinski definition) is 2. The lowest BCUT2D eigenvalue weighted by Gasteiger charge is -1.93. The third kappa shape index (κ3) is 1.60. The SMILES string of the molecule is C=S(N)(=O)c1cc2ccccc2s1. The number of nitrogens with two attached hydrogens (primary N) is 1. The highest BCUT2D eigenvalue weighted by molar-refractivity contribution is 8.00. The predicted molar refractivity (Wildman–Crippen MR) is 59.5 cm³/mol. The number of fused-ring (bicyclic) bond motifs is 1. The summed E-state index contributed by atoms with van der Waals surface area (Å²) in [5.74, 6) is 3.45. The lowest BCUT2D eigenvalue weighted by molar-refractivity contribution is 0.684. The van der Waals surface area contributed by atoms with Crippen LogP contribution in [-0.2, 0) is 9.71 Å². The molecule has 0 aliphatic carbocycles. The zero-order valence-electron chi connectivity index (χ0n) is 6.90. The van der Waals surface area contributed by atoms with Crippen molar-refractivity contribution in [2.45, 2.75) is 4.21 Å². The fourth-order valence-corrected chi connectivity index (χ4v) is 3.08. The molecule has 1 aromatic heterocycles. The molecule has 0 aliphatic rings. The smallest absolute Gasteiger partial charge is 0.0977 e. The minimum atomic E-state index is -2.55. The lowest BCUT2D eigenvalue weighted by Crippen LogP contribution is -2.09. The Bertz CT molecular complexity index is 506. The number of thiophene rings is 1. The van der Waals surface area contributed by atoms with E-state index < -0.39 is 9.71 Å². The Kier molecular flexibility index (Phi) is 1.91. The van der Waals surface area contributed by atoms with Crippen molar-refractivity contribution < 1.29 is 4.21 Å². The summed E-state index contributed by atoms with van der Waals surface area (Å²) in [5, 5.41) is 6.52. The molecule has 0 bridgehead atoms. The molecule has 0 spiro atoms. The highest BCUT2D eigenvalue weighted by Gasteiger charge is 2.06. The van der Waals surface area contributed by atoms with Crippen molar-refractivity contribution in [2.24, 2.45) is 5.14 Å². The normalized spacial score (nSPS) is 15.8. The van der Waals surface area contributed by atoms with Gasteiger partial charge in [-0.15, -0.1) is 11.3 Å². The van der Waals surface area contributed by atoms with Crippen molar-refractivity contribution in [1.82, 2.24) is 0 Å². The van der Waals surface area contributed by atoms with Crippen molar-refractivity contribution in [2.75, 3.05) is 0 Å². The molecule has 2 N–H and O–H groups in total. The van der Waals surface area contributed by atoms with E-state index in [4.69, 9.17) is 5.14 Å². The Labute approximate surface area is 81.1 Å². The average Bonchev–Trinajstić information content (AvgIpc) is 2.45. The summed E-state index contributed by atoms with van der Waals surface area (Å²) in [5.41, 5.74) is 0. The van der Waals surface area contributed by atoms with Crippen molar-refractivity contribution in [3.8, 4) is 0 Å². The second-order valence-corrected chi connectivity index (χ2v) is 6.06. The Morgan fingerprint density at radius 1 is 1.38 bits per heavy atom. The summed E-state index contributed by atoms with van der Waals surface area (Å²) in [4.78, 5) is 0. The molecule has 0 fully saturated rings. The summed E-state index contributed by atoms with van der Waals surface area (Å²) in [6.07, 6.45) is 0. The van der Waals surface area contributed by atoms with Crippen LogP contribution in [0.3, 0.4) is 0 Å². The topological polar surface area (TPSA) is 43.1 Å². The van der Waals surface area contributed by atoms with Crippen LogP contribution in [0.2, 0.25) is 0 Å². The highest BCUT2D eigenvalue weighted by atomic mass is 32.2. The second-order valence-electron chi connectivity index (χ2n) is 2.83. The first kappa shape index (κ1) is 8.74. The van der Waals surface area contributed by atoms with Gasteiger partial charge >= 0.3 is 0 Å². The number of hydrogen-bond donors (Lipinski definition) is 1. The average molecular weight is 211 g/mol. The van der Waals surface area contributed by atoms with Crippen LogP contribution in [0.1, 0.15) is 0 Å².